The molecule has 1 amide bonds. The quantitative estimate of drug-likeness (QED) is 0.570. The smallest absolute Gasteiger partial charge is 0.335 e. The standard InChI is InChI=1S/C29H44N2O5/c1-18(30)26(34)31(14-15-32)21-8-11-27(2)20(16-21)5-6-24-23(27)9-12-28(3)22(10-13-29(24,28)35)19-4-7-25(33)36-17-19/h4,7,17-18,20-24,32,35H,5-6,8-16,30H2,1-3H3/t18-,20+,21-,22+,23-,24+,27-,28+,29-/m0/s1. The van der Waals surface area contributed by atoms with Gasteiger partial charge in [0.1, 0.15) is 0 Å². The maximum absolute atomic E-state index is 12.8. The van der Waals surface area contributed by atoms with Crippen molar-refractivity contribution in [1.82, 2.24) is 4.90 Å². The van der Waals surface area contributed by atoms with Gasteiger partial charge in [-0.3, -0.25) is 4.79 Å². The van der Waals surface area contributed by atoms with Gasteiger partial charge in [-0.1, -0.05) is 13.8 Å². The molecule has 1 aromatic rings. The molecule has 4 fully saturated rings. The average molecular weight is 501 g/mol. The summed E-state index contributed by atoms with van der Waals surface area (Å²) < 4.78 is 5.21. The molecule has 9 atom stereocenters. The van der Waals surface area contributed by atoms with Crippen molar-refractivity contribution in [3.63, 3.8) is 0 Å². The second kappa shape index (κ2) is 9.25. The molecule has 7 nitrogen and oxygen atoms in total. The highest BCUT2D eigenvalue weighted by Gasteiger charge is 2.67. The number of rotatable bonds is 5. The van der Waals surface area contributed by atoms with Gasteiger partial charge in [0.2, 0.25) is 5.91 Å². The molecule has 4 aliphatic carbocycles. The van der Waals surface area contributed by atoms with E-state index in [1.807, 2.05) is 11.0 Å². The van der Waals surface area contributed by atoms with Gasteiger partial charge in [-0.05, 0) is 105 Å². The molecule has 0 radical (unpaired) electrons. The van der Waals surface area contributed by atoms with E-state index in [-0.39, 0.29) is 46.8 Å². The SMILES string of the molecule is C[C@H](N)C(=O)N(CCO)[C@H]1CC[C@@]2(C)[C@H](CC[C@@H]3[C@@H]2CC[C@]2(C)[C@@H](c4ccc(=O)oc4)CC[C@]32O)C1. The van der Waals surface area contributed by atoms with E-state index >= 15 is 0 Å². The highest BCUT2D eigenvalue weighted by Crippen LogP contribution is 2.70. The third-order valence-electron chi connectivity index (χ3n) is 11.4. The van der Waals surface area contributed by atoms with Crippen LogP contribution >= 0.6 is 0 Å². The van der Waals surface area contributed by atoms with E-state index in [0.29, 0.717) is 18.4 Å². The Hall–Kier alpha value is -1.70. The van der Waals surface area contributed by atoms with Crippen molar-refractivity contribution in [3.8, 4) is 0 Å². The largest absolute Gasteiger partial charge is 0.431 e. The summed E-state index contributed by atoms with van der Waals surface area (Å²) >= 11 is 0. The third kappa shape index (κ3) is 3.80. The number of hydrogen-bond donors (Lipinski definition) is 3. The fourth-order valence-electron chi connectivity index (χ4n) is 9.43. The highest BCUT2D eigenvalue weighted by molar-refractivity contribution is 5.81. The molecular weight excluding hydrogens is 456 g/mol. The van der Waals surface area contributed by atoms with E-state index in [4.69, 9.17) is 10.2 Å². The second-order valence-electron chi connectivity index (χ2n) is 12.8. The number of nitrogens with two attached hydrogens (primary N) is 1. The zero-order valence-corrected chi connectivity index (χ0v) is 22.1. The molecule has 5 rings (SSSR count). The Morgan fingerprint density at radius 2 is 1.92 bits per heavy atom. The number of hydrogen-bond acceptors (Lipinski definition) is 6. The first-order valence-corrected chi connectivity index (χ1v) is 14.0. The summed E-state index contributed by atoms with van der Waals surface area (Å²) in [5.74, 6) is 1.38. The lowest BCUT2D eigenvalue weighted by Crippen LogP contribution is -2.62. The van der Waals surface area contributed by atoms with Crippen LogP contribution in [0.15, 0.2) is 27.6 Å². The lowest BCUT2D eigenvalue weighted by molar-refractivity contribution is -0.204. The molecule has 0 aliphatic heterocycles. The Morgan fingerprint density at radius 3 is 2.58 bits per heavy atom. The average Bonchev–Trinajstić information content (AvgIpc) is 3.13. The molecular formula is C29H44N2O5. The molecule has 200 valence electrons. The van der Waals surface area contributed by atoms with E-state index in [1.165, 1.54) is 6.07 Å². The number of amides is 1. The zero-order valence-electron chi connectivity index (χ0n) is 22.1. The lowest BCUT2D eigenvalue weighted by atomic mass is 9.43. The van der Waals surface area contributed by atoms with Gasteiger partial charge in [0.25, 0.3) is 0 Å². The first-order valence-electron chi connectivity index (χ1n) is 14.0. The number of fused-ring (bicyclic) bond motifs is 5. The molecule has 36 heavy (non-hydrogen) atoms. The number of aliphatic hydroxyl groups excluding tert-OH is 1. The van der Waals surface area contributed by atoms with Crippen LogP contribution in [0.1, 0.15) is 90.0 Å². The van der Waals surface area contributed by atoms with Crippen LogP contribution in [0.4, 0.5) is 0 Å². The lowest BCUT2D eigenvalue weighted by Gasteiger charge is -2.64. The molecule has 4 saturated carbocycles. The topological polar surface area (TPSA) is 117 Å². The van der Waals surface area contributed by atoms with Crippen LogP contribution in [0.5, 0.6) is 0 Å². The van der Waals surface area contributed by atoms with Crippen molar-refractivity contribution in [2.24, 2.45) is 34.3 Å². The maximum atomic E-state index is 12.8. The van der Waals surface area contributed by atoms with Crippen LogP contribution in [0.2, 0.25) is 0 Å². The normalized spacial score (nSPS) is 42.7. The first kappa shape index (κ1) is 25.9. The predicted molar refractivity (Wildman–Crippen MR) is 137 cm³/mol. The van der Waals surface area contributed by atoms with Gasteiger partial charge >= 0.3 is 5.63 Å². The molecule has 0 aromatic carbocycles. The number of carbonyl (C=O) groups excluding carboxylic acids is 1. The van der Waals surface area contributed by atoms with Crippen LogP contribution in [0.25, 0.3) is 0 Å². The summed E-state index contributed by atoms with van der Waals surface area (Å²) in [4.78, 5) is 26.2. The van der Waals surface area contributed by atoms with Gasteiger partial charge in [0.05, 0.1) is 24.5 Å². The molecule has 0 spiro atoms. The monoisotopic (exact) mass is 500 g/mol. The minimum absolute atomic E-state index is 0.0425. The summed E-state index contributed by atoms with van der Waals surface area (Å²) in [6.45, 7) is 6.74. The molecule has 4 N–H and O–H groups in total. The van der Waals surface area contributed by atoms with Crippen LogP contribution in [-0.4, -0.2) is 51.9 Å². The molecule has 0 bridgehead atoms. The Morgan fingerprint density at radius 1 is 1.14 bits per heavy atom. The van der Waals surface area contributed by atoms with E-state index in [1.54, 1.807) is 13.2 Å². The van der Waals surface area contributed by atoms with Crippen LogP contribution in [0, 0.1) is 28.6 Å². The molecule has 1 heterocycles. The third-order valence-corrected chi connectivity index (χ3v) is 11.4. The molecule has 0 saturated heterocycles. The summed E-state index contributed by atoms with van der Waals surface area (Å²) in [5.41, 5.74) is 5.85. The van der Waals surface area contributed by atoms with Gasteiger partial charge in [-0.25, -0.2) is 4.79 Å². The fourth-order valence-corrected chi connectivity index (χ4v) is 9.43. The predicted octanol–water partition coefficient (Wildman–Crippen LogP) is 3.42. The van der Waals surface area contributed by atoms with Crippen molar-refractivity contribution in [2.75, 3.05) is 13.2 Å². The van der Waals surface area contributed by atoms with Crippen molar-refractivity contribution in [3.05, 3.63) is 34.4 Å². The molecule has 4 aliphatic rings. The zero-order chi connectivity index (χ0) is 25.9. The Kier molecular flexibility index (Phi) is 6.66. The van der Waals surface area contributed by atoms with Crippen LogP contribution < -0.4 is 11.4 Å². The van der Waals surface area contributed by atoms with Crippen molar-refractivity contribution >= 4 is 5.91 Å². The van der Waals surface area contributed by atoms with Gasteiger partial charge < -0.3 is 25.3 Å². The maximum Gasteiger partial charge on any atom is 0.335 e. The number of aliphatic hydroxyl groups is 2. The van der Waals surface area contributed by atoms with E-state index < -0.39 is 11.6 Å². The van der Waals surface area contributed by atoms with E-state index in [2.05, 4.69) is 13.8 Å². The van der Waals surface area contributed by atoms with Gasteiger partial charge in [0, 0.05) is 24.1 Å². The molecule has 7 heteroatoms. The Labute approximate surface area is 214 Å². The Bertz CT molecular complexity index is 1020. The minimum Gasteiger partial charge on any atom is -0.431 e. The van der Waals surface area contributed by atoms with Gasteiger partial charge in [-0.2, -0.15) is 0 Å². The number of carbonyl (C=O) groups is 1. The van der Waals surface area contributed by atoms with Crippen LogP contribution in [0.3, 0.4) is 0 Å². The fraction of sp³-hybridized carbons (Fsp3) is 0.793. The van der Waals surface area contributed by atoms with Crippen LogP contribution in [-0.2, 0) is 4.79 Å². The van der Waals surface area contributed by atoms with E-state index in [0.717, 1.165) is 63.4 Å². The van der Waals surface area contributed by atoms with E-state index in [9.17, 15) is 19.8 Å². The van der Waals surface area contributed by atoms with Crippen molar-refractivity contribution < 1.29 is 19.4 Å². The van der Waals surface area contributed by atoms with Crippen molar-refractivity contribution in [1.29, 1.82) is 0 Å². The first-order chi connectivity index (χ1) is 17.0. The number of nitrogens with zero attached hydrogens (tertiary/aromatic N) is 1. The Balaban J connectivity index is 1.37. The highest BCUT2D eigenvalue weighted by atomic mass is 16.4. The summed E-state index contributed by atoms with van der Waals surface area (Å²) in [6.07, 6.45) is 10.4. The minimum atomic E-state index is -0.713. The summed E-state index contributed by atoms with van der Waals surface area (Å²) in [7, 11) is 0. The summed E-state index contributed by atoms with van der Waals surface area (Å²) in [5, 5.41) is 22.0. The summed E-state index contributed by atoms with van der Waals surface area (Å²) in [6, 6.07) is 2.97. The molecule has 0 unspecified atom stereocenters. The molecule has 1 aromatic heterocycles. The van der Waals surface area contributed by atoms with Crippen molar-refractivity contribution in [2.45, 2.75) is 102 Å². The van der Waals surface area contributed by atoms with Gasteiger partial charge in [-0.15, -0.1) is 0 Å². The second-order valence-corrected chi connectivity index (χ2v) is 12.8. The van der Waals surface area contributed by atoms with Gasteiger partial charge in [0.15, 0.2) is 0 Å².